The number of ketones is 1. The number of carbonyl (C=O) groups is 3. The zero-order valence-corrected chi connectivity index (χ0v) is 18.1. The number of hydrogen-bond donors (Lipinski definition) is 0. The third-order valence-corrected chi connectivity index (χ3v) is 6.60. The largest absolute Gasteiger partial charge is 0.459 e. The van der Waals surface area contributed by atoms with E-state index in [4.69, 9.17) is 4.42 Å². The van der Waals surface area contributed by atoms with Crippen molar-refractivity contribution in [1.29, 1.82) is 0 Å². The van der Waals surface area contributed by atoms with Crippen molar-refractivity contribution in [2.45, 2.75) is 6.54 Å². The van der Waals surface area contributed by atoms with Gasteiger partial charge in [-0.2, -0.15) is 0 Å². The van der Waals surface area contributed by atoms with E-state index in [0.29, 0.717) is 42.4 Å². The van der Waals surface area contributed by atoms with Gasteiger partial charge in [0.15, 0.2) is 5.76 Å². The summed E-state index contributed by atoms with van der Waals surface area (Å²) in [7, 11) is 0. The molecule has 7 nitrogen and oxygen atoms in total. The van der Waals surface area contributed by atoms with Crippen molar-refractivity contribution in [1.82, 2.24) is 14.4 Å². The molecule has 8 heteroatoms. The zero-order chi connectivity index (χ0) is 22.1. The summed E-state index contributed by atoms with van der Waals surface area (Å²) in [6, 6.07) is 14.6. The van der Waals surface area contributed by atoms with Gasteiger partial charge in [0, 0.05) is 48.8 Å². The Kier molecular flexibility index (Phi) is 5.36. The first-order valence-corrected chi connectivity index (χ1v) is 11.3. The summed E-state index contributed by atoms with van der Waals surface area (Å²) < 4.78 is 7.04. The molecule has 0 N–H and O–H groups in total. The van der Waals surface area contributed by atoms with Gasteiger partial charge in [-0.1, -0.05) is 24.3 Å². The second kappa shape index (κ2) is 8.47. The van der Waals surface area contributed by atoms with Gasteiger partial charge in [-0.25, -0.2) is 0 Å². The molecule has 4 heterocycles. The molecule has 0 aliphatic carbocycles. The first kappa shape index (κ1) is 20.3. The highest BCUT2D eigenvalue weighted by Gasteiger charge is 2.27. The molecule has 0 radical (unpaired) electrons. The Morgan fingerprint density at radius 3 is 2.41 bits per heavy atom. The van der Waals surface area contributed by atoms with Gasteiger partial charge in [0.05, 0.1) is 11.1 Å². The van der Waals surface area contributed by atoms with E-state index < -0.39 is 0 Å². The molecule has 3 aromatic heterocycles. The molecule has 4 aromatic rings. The molecule has 162 valence electrons. The molecule has 2 amide bonds. The molecule has 1 saturated heterocycles. The summed E-state index contributed by atoms with van der Waals surface area (Å²) in [5.74, 6) is 0.0835. The lowest BCUT2D eigenvalue weighted by Gasteiger charge is -2.34. The van der Waals surface area contributed by atoms with Crippen molar-refractivity contribution < 1.29 is 18.8 Å². The van der Waals surface area contributed by atoms with E-state index >= 15 is 0 Å². The van der Waals surface area contributed by atoms with E-state index in [1.807, 2.05) is 46.3 Å². The molecule has 1 aromatic carbocycles. The molecule has 1 aliphatic rings. The quantitative estimate of drug-likeness (QED) is 0.439. The number of amides is 2. The van der Waals surface area contributed by atoms with Gasteiger partial charge in [-0.3, -0.25) is 14.4 Å². The predicted octanol–water partition coefficient (Wildman–Crippen LogP) is 3.51. The van der Waals surface area contributed by atoms with Crippen molar-refractivity contribution >= 4 is 39.8 Å². The van der Waals surface area contributed by atoms with Gasteiger partial charge >= 0.3 is 0 Å². The minimum atomic E-state index is -0.157. The van der Waals surface area contributed by atoms with Crippen LogP contribution in [-0.2, 0) is 11.3 Å². The molecule has 32 heavy (non-hydrogen) atoms. The predicted molar refractivity (Wildman–Crippen MR) is 121 cm³/mol. The molecule has 0 atom stereocenters. The maximum Gasteiger partial charge on any atom is 0.289 e. The van der Waals surface area contributed by atoms with Crippen LogP contribution in [0, 0.1) is 0 Å². The highest BCUT2D eigenvalue weighted by Crippen LogP contribution is 2.25. The lowest BCUT2D eigenvalue weighted by molar-refractivity contribution is -0.133. The molecule has 0 saturated carbocycles. The van der Waals surface area contributed by atoms with Crippen LogP contribution < -0.4 is 0 Å². The number of fused-ring (bicyclic) bond motifs is 1. The average molecular weight is 448 g/mol. The first-order valence-electron chi connectivity index (χ1n) is 10.4. The third kappa shape index (κ3) is 3.73. The molecule has 5 rings (SSSR count). The fourth-order valence-electron chi connectivity index (χ4n) is 4.06. The van der Waals surface area contributed by atoms with E-state index in [0.717, 1.165) is 10.9 Å². The molecular weight excluding hydrogens is 426 g/mol. The minimum Gasteiger partial charge on any atom is -0.459 e. The molecule has 0 bridgehead atoms. The highest BCUT2D eigenvalue weighted by molar-refractivity contribution is 7.12. The SMILES string of the molecule is O=C(c1cccs1)c1cn(CC(=O)N2CCN(C(=O)c3ccco3)CC2)c2ccccc12. The van der Waals surface area contributed by atoms with Crippen LogP contribution in [-0.4, -0.2) is 58.1 Å². The van der Waals surface area contributed by atoms with Crippen LogP contribution in [0.4, 0.5) is 0 Å². The Balaban J connectivity index is 1.30. The number of benzene rings is 1. The standard InChI is InChI=1S/C24H21N3O4S/c28-22(25-9-11-26(12-10-25)24(30)20-7-3-13-31-20)16-27-15-18(17-5-1-2-6-19(17)27)23(29)21-8-4-14-32-21/h1-8,13-15H,9-12,16H2. The Bertz CT molecular complexity index is 1270. The maximum atomic E-state index is 13.0. The van der Waals surface area contributed by atoms with Crippen molar-refractivity contribution in [2.75, 3.05) is 26.2 Å². The van der Waals surface area contributed by atoms with E-state index in [-0.39, 0.29) is 24.1 Å². The lowest BCUT2D eigenvalue weighted by atomic mass is 10.1. The van der Waals surface area contributed by atoms with Gasteiger partial charge in [0.25, 0.3) is 5.91 Å². The van der Waals surface area contributed by atoms with Crippen LogP contribution in [0.2, 0.25) is 0 Å². The number of thiophene rings is 1. The normalized spacial score (nSPS) is 14.1. The second-order valence-corrected chi connectivity index (χ2v) is 8.59. The molecular formula is C24H21N3O4S. The Labute approximate surface area is 188 Å². The second-order valence-electron chi connectivity index (χ2n) is 7.64. The summed E-state index contributed by atoms with van der Waals surface area (Å²) in [4.78, 5) is 42.6. The first-order chi connectivity index (χ1) is 15.6. The summed E-state index contributed by atoms with van der Waals surface area (Å²) >= 11 is 1.41. The number of carbonyl (C=O) groups excluding carboxylic acids is 3. The number of rotatable bonds is 5. The maximum absolute atomic E-state index is 13.0. The summed E-state index contributed by atoms with van der Waals surface area (Å²) in [5.41, 5.74) is 1.46. The summed E-state index contributed by atoms with van der Waals surface area (Å²) in [5, 5.41) is 2.72. The smallest absolute Gasteiger partial charge is 0.289 e. The van der Waals surface area contributed by atoms with Crippen molar-refractivity contribution in [3.63, 3.8) is 0 Å². The summed E-state index contributed by atoms with van der Waals surface area (Å²) in [6.07, 6.45) is 3.26. The number of aromatic nitrogens is 1. The highest BCUT2D eigenvalue weighted by atomic mass is 32.1. The van der Waals surface area contributed by atoms with Crippen molar-refractivity contribution in [3.8, 4) is 0 Å². The van der Waals surface area contributed by atoms with Crippen LogP contribution in [0.1, 0.15) is 25.8 Å². The molecule has 1 fully saturated rings. The topological polar surface area (TPSA) is 75.8 Å². The van der Waals surface area contributed by atoms with E-state index in [1.54, 1.807) is 28.1 Å². The number of furan rings is 1. The number of piperazine rings is 1. The Morgan fingerprint density at radius 1 is 0.906 bits per heavy atom. The van der Waals surface area contributed by atoms with Crippen LogP contribution in [0.5, 0.6) is 0 Å². The van der Waals surface area contributed by atoms with E-state index in [1.165, 1.54) is 17.6 Å². The van der Waals surface area contributed by atoms with Crippen molar-refractivity contribution in [2.24, 2.45) is 0 Å². The lowest BCUT2D eigenvalue weighted by Crippen LogP contribution is -2.51. The van der Waals surface area contributed by atoms with Gasteiger partial charge in [-0.05, 0) is 29.6 Å². The minimum absolute atomic E-state index is 0.0348. The van der Waals surface area contributed by atoms with Crippen LogP contribution in [0.15, 0.2) is 70.8 Å². The van der Waals surface area contributed by atoms with Crippen LogP contribution in [0.25, 0.3) is 10.9 Å². The van der Waals surface area contributed by atoms with Crippen molar-refractivity contribution in [3.05, 3.63) is 82.6 Å². The van der Waals surface area contributed by atoms with E-state index in [9.17, 15) is 14.4 Å². The van der Waals surface area contributed by atoms with Gasteiger partial charge in [0.1, 0.15) is 6.54 Å². The third-order valence-electron chi connectivity index (χ3n) is 5.74. The van der Waals surface area contributed by atoms with E-state index in [2.05, 4.69) is 0 Å². The van der Waals surface area contributed by atoms with Crippen LogP contribution >= 0.6 is 11.3 Å². The Hall–Kier alpha value is -3.65. The summed E-state index contributed by atoms with van der Waals surface area (Å²) in [6.45, 7) is 1.99. The fourth-order valence-corrected chi connectivity index (χ4v) is 4.74. The molecule has 0 spiro atoms. The Morgan fingerprint density at radius 2 is 1.69 bits per heavy atom. The molecule has 1 aliphatic heterocycles. The number of hydrogen-bond acceptors (Lipinski definition) is 5. The zero-order valence-electron chi connectivity index (χ0n) is 17.3. The fraction of sp³-hybridized carbons (Fsp3) is 0.208. The van der Waals surface area contributed by atoms with Gasteiger partial charge in [0.2, 0.25) is 11.7 Å². The number of para-hydroxylation sites is 1. The monoisotopic (exact) mass is 447 g/mol. The number of nitrogens with zero attached hydrogens (tertiary/aromatic N) is 3. The van der Waals surface area contributed by atoms with Crippen LogP contribution in [0.3, 0.4) is 0 Å². The average Bonchev–Trinajstić information content (AvgIpc) is 3.60. The van der Waals surface area contributed by atoms with Gasteiger partial charge < -0.3 is 18.8 Å². The molecule has 0 unspecified atom stereocenters. The van der Waals surface area contributed by atoms with Gasteiger partial charge in [-0.15, -0.1) is 11.3 Å².